The number of nitrogens with one attached hydrogen (secondary N) is 1. The van der Waals surface area contributed by atoms with Gasteiger partial charge in [-0.25, -0.2) is 4.98 Å². The Hall–Kier alpha value is -1.52. The summed E-state index contributed by atoms with van der Waals surface area (Å²) in [6, 6.07) is 5.74. The van der Waals surface area contributed by atoms with Crippen LogP contribution in [0.3, 0.4) is 0 Å². The van der Waals surface area contributed by atoms with Crippen molar-refractivity contribution in [2.75, 3.05) is 13.1 Å². The minimum atomic E-state index is -0.210. The molecule has 2 atom stereocenters. The summed E-state index contributed by atoms with van der Waals surface area (Å²) < 4.78 is 11.6. The smallest absolute Gasteiger partial charge is 0.235 e. The summed E-state index contributed by atoms with van der Waals surface area (Å²) in [5, 5.41) is 3.97. The molecule has 1 aliphatic rings. The van der Waals surface area contributed by atoms with Crippen molar-refractivity contribution in [1.82, 2.24) is 10.3 Å². The lowest BCUT2D eigenvalue weighted by Crippen LogP contribution is -2.22. The fourth-order valence-corrected chi connectivity index (χ4v) is 2.82. The van der Waals surface area contributed by atoms with Gasteiger partial charge in [0, 0.05) is 12.5 Å². The number of ether oxygens (including phenoxy) is 1. The van der Waals surface area contributed by atoms with Gasteiger partial charge < -0.3 is 14.5 Å². The van der Waals surface area contributed by atoms with Gasteiger partial charge in [0.05, 0.1) is 11.2 Å². The van der Waals surface area contributed by atoms with Gasteiger partial charge in [-0.15, -0.1) is 0 Å². The lowest BCUT2D eigenvalue weighted by Gasteiger charge is -2.23. The van der Waals surface area contributed by atoms with Gasteiger partial charge in [-0.2, -0.15) is 0 Å². The second kappa shape index (κ2) is 5.85. The first-order valence-corrected chi connectivity index (χ1v) is 7.15. The van der Waals surface area contributed by atoms with Crippen LogP contribution in [-0.2, 0) is 0 Å². The molecule has 1 aliphatic heterocycles. The first-order valence-electron chi connectivity index (χ1n) is 6.77. The lowest BCUT2D eigenvalue weighted by atomic mass is 10.0. The Kier molecular flexibility index (Phi) is 3.94. The SMILES string of the molecule is Cc1cccc(Cl)c1O[C@H](c1ncco1)C1CCNC1. The molecule has 2 aromatic rings. The van der Waals surface area contributed by atoms with Crippen LogP contribution in [0.25, 0.3) is 0 Å². The zero-order chi connectivity index (χ0) is 13.9. The molecule has 1 fully saturated rings. The van der Waals surface area contributed by atoms with E-state index in [1.807, 2.05) is 25.1 Å². The number of aryl methyl sites for hydroxylation is 1. The molecule has 0 aliphatic carbocycles. The van der Waals surface area contributed by atoms with E-state index in [0.717, 1.165) is 25.1 Å². The molecular formula is C15H17ClN2O2. The number of nitrogens with zero attached hydrogens (tertiary/aromatic N) is 1. The van der Waals surface area contributed by atoms with E-state index < -0.39 is 0 Å². The van der Waals surface area contributed by atoms with Crippen molar-refractivity contribution >= 4 is 11.6 Å². The van der Waals surface area contributed by atoms with Crippen molar-refractivity contribution in [1.29, 1.82) is 0 Å². The van der Waals surface area contributed by atoms with E-state index >= 15 is 0 Å². The average molecular weight is 293 g/mol. The van der Waals surface area contributed by atoms with Gasteiger partial charge in [0.25, 0.3) is 0 Å². The van der Waals surface area contributed by atoms with Crippen LogP contribution in [0.15, 0.2) is 35.1 Å². The molecule has 1 N–H and O–H groups in total. The van der Waals surface area contributed by atoms with E-state index in [0.29, 0.717) is 22.6 Å². The van der Waals surface area contributed by atoms with Crippen LogP contribution in [0, 0.1) is 12.8 Å². The van der Waals surface area contributed by atoms with Gasteiger partial charge >= 0.3 is 0 Å². The zero-order valence-electron chi connectivity index (χ0n) is 11.3. The number of halogens is 1. The third-order valence-electron chi connectivity index (χ3n) is 3.63. The third-order valence-corrected chi connectivity index (χ3v) is 3.93. The number of aromatic nitrogens is 1. The highest BCUT2D eigenvalue weighted by Crippen LogP contribution is 2.36. The first kappa shape index (κ1) is 13.5. The van der Waals surface area contributed by atoms with Crippen molar-refractivity contribution in [3.8, 4) is 5.75 Å². The van der Waals surface area contributed by atoms with Gasteiger partial charge in [0.15, 0.2) is 6.10 Å². The van der Waals surface area contributed by atoms with Gasteiger partial charge in [-0.05, 0) is 31.5 Å². The van der Waals surface area contributed by atoms with E-state index in [2.05, 4.69) is 10.3 Å². The molecule has 0 radical (unpaired) electrons. The molecular weight excluding hydrogens is 276 g/mol. The highest BCUT2D eigenvalue weighted by molar-refractivity contribution is 6.32. The monoisotopic (exact) mass is 292 g/mol. The molecule has 5 heteroatoms. The molecule has 1 aromatic heterocycles. The van der Waals surface area contributed by atoms with Crippen molar-refractivity contribution in [3.63, 3.8) is 0 Å². The van der Waals surface area contributed by atoms with Crippen LogP contribution in [0.2, 0.25) is 5.02 Å². The van der Waals surface area contributed by atoms with Crippen LogP contribution < -0.4 is 10.1 Å². The molecule has 1 unspecified atom stereocenters. The highest BCUT2D eigenvalue weighted by atomic mass is 35.5. The summed E-state index contributed by atoms with van der Waals surface area (Å²) in [4.78, 5) is 4.25. The lowest BCUT2D eigenvalue weighted by molar-refractivity contribution is 0.113. The summed E-state index contributed by atoms with van der Waals surface area (Å²) in [5.41, 5.74) is 1.01. The predicted octanol–water partition coefficient (Wildman–Crippen LogP) is 3.37. The normalized spacial score (nSPS) is 20.0. The fourth-order valence-electron chi connectivity index (χ4n) is 2.55. The van der Waals surface area contributed by atoms with E-state index in [1.165, 1.54) is 0 Å². The molecule has 0 bridgehead atoms. The molecule has 0 saturated carbocycles. The quantitative estimate of drug-likeness (QED) is 0.938. The average Bonchev–Trinajstić information content (AvgIpc) is 3.12. The molecule has 0 amide bonds. The number of rotatable bonds is 4. The van der Waals surface area contributed by atoms with E-state index in [1.54, 1.807) is 12.5 Å². The maximum Gasteiger partial charge on any atom is 0.235 e. The predicted molar refractivity (Wildman–Crippen MR) is 77.0 cm³/mol. The summed E-state index contributed by atoms with van der Waals surface area (Å²) in [5.74, 6) is 1.66. The molecule has 4 nitrogen and oxygen atoms in total. The van der Waals surface area contributed by atoms with Crippen molar-refractivity contribution in [3.05, 3.63) is 47.1 Å². The Morgan fingerprint density at radius 3 is 3.05 bits per heavy atom. The number of benzene rings is 1. The van der Waals surface area contributed by atoms with Gasteiger partial charge in [-0.3, -0.25) is 0 Å². The molecule has 3 rings (SSSR count). The zero-order valence-corrected chi connectivity index (χ0v) is 12.1. The molecule has 1 saturated heterocycles. The van der Waals surface area contributed by atoms with Crippen LogP contribution in [-0.4, -0.2) is 18.1 Å². The van der Waals surface area contributed by atoms with Gasteiger partial charge in [-0.1, -0.05) is 23.7 Å². The Balaban J connectivity index is 1.90. The van der Waals surface area contributed by atoms with E-state index in [-0.39, 0.29) is 6.10 Å². The Morgan fingerprint density at radius 2 is 2.40 bits per heavy atom. The third kappa shape index (κ3) is 2.67. The highest BCUT2D eigenvalue weighted by Gasteiger charge is 2.32. The maximum absolute atomic E-state index is 6.25. The minimum absolute atomic E-state index is 0.210. The first-order chi connectivity index (χ1) is 9.75. The van der Waals surface area contributed by atoms with Gasteiger partial charge in [0.2, 0.25) is 5.89 Å². The van der Waals surface area contributed by atoms with Gasteiger partial charge in [0.1, 0.15) is 12.0 Å². The van der Waals surface area contributed by atoms with E-state index in [4.69, 9.17) is 20.8 Å². The summed E-state index contributed by atoms with van der Waals surface area (Å²) in [7, 11) is 0. The van der Waals surface area contributed by atoms with E-state index in [9.17, 15) is 0 Å². The van der Waals surface area contributed by atoms with Crippen molar-refractivity contribution < 1.29 is 9.15 Å². The Morgan fingerprint density at radius 1 is 1.50 bits per heavy atom. The minimum Gasteiger partial charge on any atom is -0.479 e. The summed E-state index contributed by atoms with van der Waals surface area (Å²) in [6.45, 7) is 3.88. The number of hydrogen-bond donors (Lipinski definition) is 1. The van der Waals surface area contributed by atoms with Crippen LogP contribution >= 0.6 is 11.6 Å². The number of hydrogen-bond acceptors (Lipinski definition) is 4. The summed E-state index contributed by atoms with van der Waals surface area (Å²) >= 11 is 6.25. The Bertz CT molecular complexity index is 545. The standard InChI is InChI=1S/C15H17ClN2O2/c1-10-3-2-4-12(16)13(10)20-14(11-5-6-17-9-11)15-18-7-8-19-15/h2-4,7-8,11,14,17H,5-6,9H2,1H3/t11?,14-/m0/s1. The topological polar surface area (TPSA) is 47.3 Å². The molecule has 20 heavy (non-hydrogen) atoms. The molecule has 0 spiro atoms. The Labute approximate surface area is 123 Å². The maximum atomic E-state index is 6.25. The second-order valence-corrected chi connectivity index (χ2v) is 5.45. The second-order valence-electron chi connectivity index (χ2n) is 5.05. The van der Waals surface area contributed by atoms with Crippen molar-refractivity contribution in [2.24, 2.45) is 5.92 Å². The van der Waals surface area contributed by atoms with Crippen molar-refractivity contribution in [2.45, 2.75) is 19.4 Å². The molecule has 106 valence electrons. The van der Waals surface area contributed by atoms with Crippen LogP contribution in [0.5, 0.6) is 5.75 Å². The van der Waals surface area contributed by atoms with Crippen LogP contribution in [0.1, 0.15) is 24.0 Å². The molecule has 1 aromatic carbocycles. The largest absolute Gasteiger partial charge is 0.479 e. The summed E-state index contributed by atoms with van der Waals surface area (Å²) in [6.07, 6.45) is 4.05. The number of para-hydroxylation sites is 1. The molecule has 2 heterocycles. The van der Waals surface area contributed by atoms with Crippen LogP contribution in [0.4, 0.5) is 0 Å². The fraction of sp³-hybridized carbons (Fsp3) is 0.400. The number of oxazole rings is 1.